The van der Waals surface area contributed by atoms with Gasteiger partial charge in [0.05, 0.1) is 12.7 Å². The molecular formula is C25H36F7NO4Si. The van der Waals surface area contributed by atoms with Gasteiger partial charge in [-0.15, -0.1) is 0 Å². The summed E-state index contributed by atoms with van der Waals surface area (Å²) in [7, 11) is -2.39. The van der Waals surface area contributed by atoms with Crippen molar-refractivity contribution >= 4 is 14.2 Å². The first-order valence-electron chi connectivity index (χ1n) is 12.5. The molecule has 5 nitrogen and oxygen atoms in total. The molecule has 1 aromatic rings. The molecule has 0 radical (unpaired) electrons. The van der Waals surface area contributed by atoms with Crippen LogP contribution >= 0.6 is 0 Å². The Morgan fingerprint density at radius 1 is 1.03 bits per heavy atom. The molecule has 13 heteroatoms. The number of nitrogens with zero attached hydrogens (tertiary/aromatic N) is 1. The molecule has 0 spiro atoms. The van der Waals surface area contributed by atoms with Crippen molar-refractivity contribution in [3.05, 3.63) is 29.8 Å². The molecule has 1 atom stereocenters. The van der Waals surface area contributed by atoms with Gasteiger partial charge in [-0.05, 0) is 76.4 Å². The molecular weight excluding hydrogens is 539 g/mol. The van der Waals surface area contributed by atoms with Crippen molar-refractivity contribution in [2.45, 2.75) is 82.9 Å². The molecule has 1 fully saturated rings. The number of alkyl halides is 7. The van der Waals surface area contributed by atoms with E-state index >= 15 is 0 Å². The number of carbonyl (C=O) groups excluding carboxylic acids is 1. The van der Waals surface area contributed by atoms with Crippen molar-refractivity contribution < 1.29 is 49.4 Å². The van der Waals surface area contributed by atoms with Gasteiger partial charge in [0.1, 0.15) is 12.4 Å². The molecule has 1 amide bonds. The number of hydrogen-bond acceptors (Lipinski definition) is 4. The first kappa shape index (κ1) is 32.3. The Balaban J connectivity index is 2.08. The smallest absolute Gasteiger partial charge is 0.460 e. The summed E-state index contributed by atoms with van der Waals surface area (Å²) in [5, 5.41) is 0. The van der Waals surface area contributed by atoms with Crippen LogP contribution in [0.25, 0.3) is 0 Å². The molecule has 218 valence electrons. The van der Waals surface area contributed by atoms with Crippen molar-refractivity contribution in [3.8, 4) is 5.75 Å². The summed E-state index contributed by atoms with van der Waals surface area (Å²) in [6.07, 6.45) is -4.54. The molecule has 1 unspecified atom stereocenters. The lowest BCUT2D eigenvalue weighted by atomic mass is 10.1. The molecule has 2 rings (SSSR count). The van der Waals surface area contributed by atoms with Crippen LogP contribution in [-0.4, -0.2) is 75.7 Å². The molecule has 0 heterocycles. The maximum atomic E-state index is 14.2. The van der Waals surface area contributed by atoms with Crippen LogP contribution in [0.5, 0.6) is 5.75 Å². The first-order chi connectivity index (χ1) is 17.3. The van der Waals surface area contributed by atoms with Crippen molar-refractivity contribution in [2.24, 2.45) is 5.92 Å². The van der Waals surface area contributed by atoms with E-state index in [2.05, 4.69) is 0 Å². The quantitative estimate of drug-likeness (QED) is 0.139. The van der Waals surface area contributed by atoms with E-state index in [4.69, 9.17) is 13.9 Å². The van der Waals surface area contributed by atoms with E-state index in [0.29, 0.717) is 24.7 Å². The maximum Gasteiger partial charge on any atom is 0.460 e. The molecule has 0 bridgehead atoms. The van der Waals surface area contributed by atoms with E-state index in [9.17, 15) is 35.5 Å². The fourth-order valence-corrected chi connectivity index (χ4v) is 4.67. The van der Waals surface area contributed by atoms with Gasteiger partial charge in [0.2, 0.25) is 0 Å². The lowest BCUT2D eigenvalue weighted by Crippen LogP contribution is -2.62. The summed E-state index contributed by atoms with van der Waals surface area (Å²) in [6, 6.07) is 5.91. The van der Waals surface area contributed by atoms with Crippen molar-refractivity contribution in [3.63, 3.8) is 0 Å². The molecule has 0 N–H and O–H groups in total. The number of rotatable bonds is 15. The van der Waals surface area contributed by atoms with E-state index in [1.54, 1.807) is 31.8 Å². The van der Waals surface area contributed by atoms with Crippen LogP contribution in [0.2, 0.25) is 19.6 Å². The number of carbonyl (C=O) groups is 1. The predicted octanol–water partition coefficient (Wildman–Crippen LogP) is 6.32. The van der Waals surface area contributed by atoms with Gasteiger partial charge >= 0.3 is 18.0 Å². The molecule has 0 saturated heterocycles. The summed E-state index contributed by atoms with van der Waals surface area (Å²) < 4.78 is 111. The first-order valence-corrected chi connectivity index (χ1v) is 15.9. The number of halogens is 7. The lowest BCUT2D eigenvalue weighted by molar-refractivity contribution is -0.346. The Hall–Kier alpha value is -1.86. The fourth-order valence-electron chi connectivity index (χ4n) is 3.53. The predicted molar refractivity (Wildman–Crippen MR) is 130 cm³/mol. The zero-order valence-corrected chi connectivity index (χ0v) is 23.2. The summed E-state index contributed by atoms with van der Waals surface area (Å²) in [5.41, 5.74) is 1.01. The van der Waals surface area contributed by atoms with Gasteiger partial charge in [0.15, 0.2) is 8.32 Å². The van der Waals surface area contributed by atoms with Gasteiger partial charge < -0.3 is 18.8 Å². The summed E-state index contributed by atoms with van der Waals surface area (Å²) in [6.45, 7) is 8.22. The van der Waals surface area contributed by atoms with E-state index in [0.717, 1.165) is 12.2 Å². The fraction of sp³-hybridized carbons (Fsp3) is 0.720. The highest BCUT2D eigenvalue weighted by Crippen LogP contribution is 2.47. The van der Waals surface area contributed by atoms with Crippen LogP contribution in [-0.2, 0) is 20.4 Å². The Morgan fingerprint density at radius 2 is 1.61 bits per heavy atom. The van der Waals surface area contributed by atoms with Crippen LogP contribution in [0.1, 0.15) is 32.3 Å². The number of benzene rings is 1. The Labute approximate surface area is 219 Å². The second-order valence-corrected chi connectivity index (χ2v) is 15.2. The highest BCUT2D eigenvalue weighted by Gasteiger charge is 2.77. The van der Waals surface area contributed by atoms with E-state index in [1.165, 1.54) is 26.7 Å². The Morgan fingerprint density at radius 3 is 2.08 bits per heavy atom. The van der Waals surface area contributed by atoms with Gasteiger partial charge in [0.25, 0.3) is 5.91 Å². The molecule has 1 aliphatic rings. The summed E-state index contributed by atoms with van der Waals surface area (Å²) >= 11 is 0. The van der Waals surface area contributed by atoms with Crippen LogP contribution < -0.4 is 4.74 Å². The normalized spacial score (nSPS) is 16.0. The molecule has 1 aliphatic carbocycles. The van der Waals surface area contributed by atoms with E-state index < -0.39 is 50.9 Å². The summed E-state index contributed by atoms with van der Waals surface area (Å²) in [4.78, 5) is 12.6. The van der Waals surface area contributed by atoms with Crippen LogP contribution in [0.3, 0.4) is 0 Å². The molecule has 0 aromatic heterocycles. The minimum Gasteiger partial charge on any atom is -0.491 e. The molecule has 0 aliphatic heterocycles. The van der Waals surface area contributed by atoms with Crippen LogP contribution in [0, 0.1) is 5.92 Å². The van der Waals surface area contributed by atoms with Crippen LogP contribution in [0.15, 0.2) is 24.3 Å². The number of ether oxygens (including phenoxy) is 2. The standard InChI is InChI=1S/C25H36F7NO4Si/c1-17(2)33(22(34)23(26,27)24(28,29)25(30,31)32)14-21(37-38(3,4)5)16-36-20-10-8-18(9-11-20)12-13-35-15-19-6-7-19/h8-11,17,19,21H,6-7,12-16H2,1-5H3. The van der Waals surface area contributed by atoms with E-state index in [1.807, 2.05) is 12.1 Å². The average molecular weight is 576 g/mol. The highest BCUT2D eigenvalue weighted by atomic mass is 28.4. The SMILES string of the molecule is CC(C)N(CC(COc1ccc(CCOCC2CC2)cc1)O[Si](C)(C)C)C(=O)C(F)(F)C(F)(F)C(F)(F)F. The third-order valence-electron chi connectivity index (χ3n) is 5.77. The third kappa shape index (κ3) is 9.11. The van der Waals surface area contributed by atoms with Gasteiger partial charge in [-0.2, -0.15) is 30.7 Å². The second-order valence-electron chi connectivity index (χ2n) is 10.8. The Kier molecular flexibility index (Phi) is 10.7. The minimum absolute atomic E-state index is 0.244. The van der Waals surface area contributed by atoms with Crippen molar-refractivity contribution in [1.82, 2.24) is 4.90 Å². The lowest BCUT2D eigenvalue weighted by Gasteiger charge is -2.37. The second kappa shape index (κ2) is 12.5. The van der Waals surface area contributed by atoms with E-state index in [-0.39, 0.29) is 11.5 Å². The van der Waals surface area contributed by atoms with Gasteiger partial charge in [-0.25, -0.2) is 0 Å². The zero-order valence-electron chi connectivity index (χ0n) is 22.2. The molecule has 38 heavy (non-hydrogen) atoms. The number of amides is 1. The monoisotopic (exact) mass is 575 g/mol. The minimum atomic E-state index is -6.61. The largest absolute Gasteiger partial charge is 0.491 e. The highest BCUT2D eigenvalue weighted by molar-refractivity contribution is 6.69. The molecule has 1 saturated carbocycles. The number of hydrogen-bond donors (Lipinski definition) is 0. The Bertz CT molecular complexity index is 900. The molecule has 1 aromatic carbocycles. The average Bonchev–Trinajstić information content (AvgIpc) is 3.61. The van der Waals surface area contributed by atoms with Crippen molar-refractivity contribution in [2.75, 3.05) is 26.4 Å². The topological polar surface area (TPSA) is 48.0 Å². The van der Waals surface area contributed by atoms with Crippen LogP contribution in [0.4, 0.5) is 30.7 Å². The van der Waals surface area contributed by atoms with Gasteiger partial charge in [-0.3, -0.25) is 4.79 Å². The maximum absolute atomic E-state index is 14.2. The zero-order chi connectivity index (χ0) is 28.9. The van der Waals surface area contributed by atoms with Crippen molar-refractivity contribution in [1.29, 1.82) is 0 Å². The summed E-state index contributed by atoms with van der Waals surface area (Å²) in [5.74, 6) is -14.1. The van der Waals surface area contributed by atoms with Gasteiger partial charge in [-0.1, -0.05) is 12.1 Å². The van der Waals surface area contributed by atoms with Gasteiger partial charge in [0, 0.05) is 19.2 Å². The third-order valence-corrected chi connectivity index (χ3v) is 6.81.